The number of hydrogen-bond donors (Lipinski definition) is 1. The molecular formula is C21H31N5O. The van der Waals surface area contributed by atoms with Crippen LogP contribution in [0.25, 0.3) is 10.8 Å². The van der Waals surface area contributed by atoms with Crippen LogP contribution in [0.1, 0.15) is 44.6 Å². The summed E-state index contributed by atoms with van der Waals surface area (Å²) in [6.07, 6.45) is 0.954. The lowest BCUT2D eigenvalue weighted by Gasteiger charge is -2.37. The minimum absolute atomic E-state index is 0.143. The number of amides is 1. The van der Waals surface area contributed by atoms with Crippen molar-refractivity contribution < 1.29 is 4.79 Å². The largest absolute Gasteiger partial charge is 0.352 e. The monoisotopic (exact) mass is 369 g/mol. The third-order valence-corrected chi connectivity index (χ3v) is 5.23. The molecular weight excluding hydrogens is 338 g/mol. The molecule has 1 fully saturated rings. The summed E-state index contributed by atoms with van der Waals surface area (Å²) < 4.78 is 0. The van der Waals surface area contributed by atoms with Crippen molar-refractivity contribution >= 4 is 22.5 Å². The molecule has 0 saturated carbocycles. The van der Waals surface area contributed by atoms with Gasteiger partial charge in [0, 0.05) is 49.5 Å². The molecule has 1 aliphatic heterocycles. The Bertz CT molecular complexity index is 781. The Kier molecular flexibility index (Phi) is 6.26. The summed E-state index contributed by atoms with van der Waals surface area (Å²) in [5.41, 5.74) is 0.416. The van der Waals surface area contributed by atoms with Crippen molar-refractivity contribution in [1.82, 2.24) is 20.4 Å². The van der Waals surface area contributed by atoms with E-state index in [0.29, 0.717) is 24.2 Å². The second-order valence-corrected chi connectivity index (χ2v) is 7.97. The third-order valence-electron chi connectivity index (χ3n) is 5.23. The van der Waals surface area contributed by atoms with Crippen molar-refractivity contribution in [2.75, 3.05) is 37.6 Å². The molecule has 0 atom stereocenters. The molecule has 27 heavy (non-hydrogen) atoms. The lowest BCUT2D eigenvalue weighted by molar-refractivity contribution is 0.0948. The molecule has 3 rings (SSSR count). The number of nitrogens with one attached hydrogen (secondary N) is 1. The van der Waals surface area contributed by atoms with Crippen LogP contribution in [-0.2, 0) is 0 Å². The van der Waals surface area contributed by atoms with Gasteiger partial charge in [-0.1, -0.05) is 38.1 Å². The number of carbonyl (C=O) groups excluding carboxylic acids is 1. The van der Waals surface area contributed by atoms with Gasteiger partial charge in [-0.05, 0) is 26.2 Å². The van der Waals surface area contributed by atoms with Gasteiger partial charge in [0.15, 0.2) is 11.5 Å². The molecule has 6 heteroatoms. The predicted octanol–water partition coefficient (Wildman–Crippen LogP) is 2.94. The van der Waals surface area contributed by atoms with E-state index in [0.717, 1.165) is 49.2 Å². The van der Waals surface area contributed by atoms with Gasteiger partial charge in [-0.3, -0.25) is 9.69 Å². The second kappa shape index (κ2) is 8.65. The first-order valence-corrected chi connectivity index (χ1v) is 10.00. The smallest absolute Gasteiger partial charge is 0.272 e. The van der Waals surface area contributed by atoms with Crippen molar-refractivity contribution in [3.63, 3.8) is 0 Å². The third kappa shape index (κ3) is 4.56. The van der Waals surface area contributed by atoms with Crippen LogP contribution in [0.4, 0.5) is 5.82 Å². The van der Waals surface area contributed by atoms with Crippen molar-refractivity contribution in [2.24, 2.45) is 5.92 Å². The number of anilines is 1. The van der Waals surface area contributed by atoms with Crippen molar-refractivity contribution in [2.45, 2.75) is 40.2 Å². The summed E-state index contributed by atoms with van der Waals surface area (Å²) in [4.78, 5) is 17.4. The summed E-state index contributed by atoms with van der Waals surface area (Å²) in [6, 6.07) is 8.52. The van der Waals surface area contributed by atoms with Crippen molar-refractivity contribution in [3.05, 3.63) is 30.0 Å². The molecule has 0 unspecified atom stereocenters. The standard InChI is InChI=1S/C21H31N5O/c1-15(2)9-10-22-21(27)19-17-7-5-6-8-18(17)20(24-23-19)26-13-11-25(12-14-26)16(3)4/h5-8,15-16H,9-14H2,1-4H3,(H,22,27). The highest BCUT2D eigenvalue weighted by atomic mass is 16.1. The molecule has 0 aliphatic carbocycles. The van der Waals surface area contributed by atoms with Gasteiger partial charge in [0.2, 0.25) is 0 Å². The quantitative estimate of drug-likeness (QED) is 0.848. The summed E-state index contributed by atoms with van der Waals surface area (Å²) >= 11 is 0. The molecule has 146 valence electrons. The average Bonchev–Trinajstić information content (AvgIpc) is 2.66. The maximum absolute atomic E-state index is 12.6. The Morgan fingerprint density at radius 3 is 2.33 bits per heavy atom. The Morgan fingerprint density at radius 2 is 1.70 bits per heavy atom. The molecule has 0 spiro atoms. The summed E-state index contributed by atoms with van der Waals surface area (Å²) in [7, 11) is 0. The molecule has 1 N–H and O–H groups in total. The average molecular weight is 370 g/mol. The first-order chi connectivity index (χ1) is 13.0. The number of benzene rings is 1. The van der Waals surface area contributed by atoms with E-state index in [1.807, 2.05) is 24.3 Å². The van der Waals surface area contributed by atoms with E-state index in [9.17, 15) is 4.79 Å². The molecule has 1 aromatic heterocycles. The van der Waals surface area contributed by atoms with Gasteiger partial charge in [0.1, 0.15) is 0 Å². The topological polar surface area (TPSA) is 61.4 Å². The van der Waals surface area contributed by atoms with E-state index >= 15 is 0 Å². The fourth-order valence-corrected chi connectivity index (χ4v) is 3.50. The minimum Gasteiger partial charge on any atom is -0.352 e. The van der Waals surface area contributed by atoms with Crippen molar-refractivity contribution in [3.8, 4) is 0 Å². The molecule has 2 aromatic rings. The summed E-state index contributed by atoms with van der Waals surface area (Å²) in [5, 5.41) is 13.6. The molecule has 1 amide bonds. The Morgan fingerprint density at radius 1 is 1.04 bits per heavy atom. The fourth-order valence-electron chi connectivity index (χ4n) is 3.50. The maximum Gasteiger partial charge on any atom is 0.272 e. The highest BCUT2D eigenvalue weighted by Gasteiger charge is 2.23. The number of carbonyl (C=O) groups is 1. The molecule has 1 saturated heterocycles. The maximum atomic E-state index is 12.6. The van der Waals surface area contributed by atoms with E-state index in [-0.39, 0.29) is 5.91 Å². The number of fused-ring (bicyclic) bond motifs is 1. The molecule has 0 bridgehead atoms. The number of nitrogens with zero attached hydrogens (tertiary/aromatic N) is 4. The van der Waals surface area contributed by atoms with Crippen LogP contribution in [0.3, 0.4) is 0 Å². The van der Waals surface area contributed by atoms with E-state index in [1.54, 1.807) is 0 Å². The zero-order valence-corrected chi connectivity index (χ0v) is 16.9. The van der Waals surface area contributed by atoms with Crippen LogP contribution in [0.5, 0.6) is 0 Å². The van der Waals surface area contributed by atoms with Gasteiger partial charge in [0.05, 0.1) is 0 Å². The van der Waals surface area contributed by atoms with Crippen LogP contribution in [-0.4, -0.2) is 59.8 Å². The SMILES string of the molecule is CC(C)CCNC(=O)c1nnc(N2CCN(C(C)C)CC2)c2ccccc12. The number of piperazine rings is 1. The normalized spacial score (nSPS) is 15.7. The Balaban J connectivity index is 1.82. The van der Waals surface area contributed by atoms with E-state index in [2.05, 4.69) is 53.0 Å². The lowest BCUT2D eigenvalue weighted by Crippen LogP contribution is -2.49. The van der Waals surface area contributed by atoms with Gasteiger partial charge in [0.25, 0.3) is 5.91 Å². The Hall–Kier alpha value is -2.21. The molecule has 2 heterocycles. The number of aromatic nitrogens is 2. The van der Waals surface area contributed by atoms with E-state index < -0.39 is 0 Å². The minimum atomic E-state index is -0.143. The number of hydrogen-bond acceptors (Lipinski definition) is 5. The molecule has 6 nitrogen and oxygen atoms in total. The van der Waals surface area contributed by atoms with Crippen LogP contribution in [0.2, 0.25) is 0 Å². The van der Waals surface area contributed by atoms with Crippen LogP contribution < -0.4 is 10.2 Å². The zero-order chi connectivity index (χ0) is 19.4. The molecule has 0 radical (unpaired) electrons. The van der Waals surface area contributed by atoms with Crippen molar-refractivity contribution in [1.29, 1.82) is 0 Å². The van der Waals surface area contributed by atoms with Gasteiger partial charge in [-0.2, -0.15) is 0 Å². The van der Waals surface area contributed by atoms with Gasteiger partial charge in [-0.15, -0.1) is 10.2 Å². The highest BCUT2D eigenvalue weighted by molar-refractivity contribution is 6.07. The van der Waals surface area contributed by atoms with E-state index in [4.69, 9.17) is 0 Å². The van der Waals surface area contributed by atoms with E-state index in [1.165, 1.54) is 0 Å². The van der Waals surface area contributed by atoms with Crippen LogP contribution in [0, 0.1) is 5.92 Å². The predicted molar refractivity (Wildman–Crippen MR) is 110 cm³/mol. The molecule has 1 aromatic carbocycles. The fraction of sp³-hybridized carbons (Fsp3) is 0.571. The first-order valence-electron chi connectivity index (χ1n) is 10.00. The highest BCUT2D eigenvalue weighted by Crippen LogP contribution is 2.27. The summed E-state index contributed by atoms with van der Waals surface area (Å²) in [6.45, 7) is 13.3. The van der Waals surface area contributed by atoms with Gasteiger partial charge in [-0.25, -0.2) is 0 Å². The van der Waals surface area contributed by atoms with Gasteiger partial charge >= 0.3 is 0 Å². The first kappa shape index (κ1) is 19.5. The summed E-state index contributed by atoms with van der Waals surface area (Å²) in [5.74, 6) is 1.29. The molecule has 1 aliphatic rings. The Labute approximate surface area is 161 Å². The number of rotatable bonds is 6. The van der Waals surface area contributed by atoms with Crippen LogP contribution in [0.15, 0.2) is 24.3 Å². The second-order valence-electron chi connectivity index (χ2n) is 7.97. The zero-order valence-electron chi connectivity index (χ0n) is 16.9. The van der Waals surface area contributed by atoms with Gasteiger partial charge < -0.3 is 10.2 Å². The lowest BCUT2D eigenvalue weighted by atomic mass is 10.1. The van der Waals surface area contributed by atoms with Crippen LogP contribution >= 0.6 is 0 Å².